The first kappa shape index (κ1) is 26.5. The Balaban J connectivity index is 1.08. The van der Waals surface area contributed by atoms with Gasteiger partial charge in [-0.25, -0.2) is 0 Å². The van der Waals surface area contributed by atoms with Crippen molar-refractivity contribution < 1.29 is 0 Å². The molecule has 44 heavy (non-hydrogen) atoms. The van der Waals surface area contributed by atoms with Crippen LogP contribution in [0.3, 0.4) is 0 Å². The Morgan fingerprint density at radius 2 is 1.25 bits per heavy atom. The molecule has 2 heterocycles. The second kappa shape index (κ2) is 9.80. The van der Waals surface area contributed by atoms with Gasteiger partial charge in [-0.1, -0.05) is 37.1 Å². The zero-order valence-electron chi connectivity index (χ0n) is 25.3. The van der Waals surface area contributed by atoms with E-state index < -0.39 is 0 Å². The fourth-order valence-corrected chi connectivity index (χ4v) is 9.15. The molecule has 1 unspecified atom stereocenters. The molecule has 5 aliphatic rings. The summed E-state index contributed by atoms with van der Waals surface area (Å²) in [5, 5.41) is 18.3. The van der Waals surface area contributed by atoms with E-state index in [0.717, 1.165) is 78.2 Å². The highest BCUT2D eigenvalue weighted by molar-refractivity contribution is 6.08. The van der Waals surface area contributed by atoms with Crippen molar-refractivity contribution in [1.29, 1.82) is 0 Å². The summed E-state index contributed by atoms with van der Waals surface area (Å²) in [6.45, 7) is 0. The third kappa shape index (κ3) is 4.03. The molecule has 9 rings (SSSR count). The minimum atomic E-state index is -0.150. The lowest BCUT2D eigenvalue weighted by Gasteiger charge is -2.49. The van der Waals surface area contributed by atoms with Gasteiger partial charge in [0, 0.05) is 28.5 Å². The number of benzene rings is 3. The SMILES string of the molecule is O=c1c(=Cc2ccc3c4c2CCCC4NC2(CCCCC2)N3)c(=O)c1=Cc1ccc2c3c(cccc13)NC1(CCCCC1)N2. The van der Waals surface area contributed by atoms with Gasteiger partial charge in [0.05, 0.1) is 16.1 Å². The molecule has 4 aromatic carbocycles. The van der Waals surface area contributed by atoms with E-state index in [1.165, 1.54) is 55.3 Å². The number of nitrogens with one attached hydrogen (secondary N) is 4. The van der Waals surface area contributed by atoms with E-state index in [-0.39, 0.29) is 27.4 Å². The highest BCUT2D eigenvalue weighted by Crippen LogP contribution is 2.46. The van der Waals surface area contributed by atoms with E-state index in [0.29, 0.717) is 11.3 Å². The number of rotatable bonds is 2. The zero-order chi connectivity index (χ0) is 29.5. The molecule has 0 radical (unpaired) electrons. The van der Waals surface area contributed by atoms with Gasteiger partial charge in [0.2, 0.25) is 10.9 Å². The zero-order valence-corrected chi connectivity index (χ0v) is 25.3. The smallest absolute Gasteiger partial charge is 0.200 e. The van der Waals surface area contributed by atoms with Crippen LogP contribution in [0, 0.1) is 0 Å². The molecule has 2 aliphatic heterocycles. The molecule has 6 heteroatoms. The summed E-state index contributed by atoms with van der Waals surface area (Å²) in [5.74, 6) is 0. The maximum Gasteiger partial charge on any atom is 0.200 e. The predicted octanol–water partition coefficient (Wildman–Crippen LogP) is 5.64. The Hall–Kier alpha value is -3.90. The molecule has 4 aromatic rings. The minimum absolute atomic E-state index is 0.00921. The lowest BCUT2D eigenvalue weighted by atomic mass is 9.78. The molecule has 1 atom stereocenters. The second-order valence-corrected chi connectivity index (χ2v) is 14.0. The molecule has 2 fully saturated rings. The Bertz CT molecular complexity index is 1980. The third-order valence-electron chi connectivity index (χ3n) is 11.3. The van der Waals surface area contributed by atoms with Gasteiger partial charge in [0.15, 0.2) is 0 Å². The van der Waals surface area contributed by atoms with Gasteiger partial charge in [-0.2, -0.15) is 0 Å². The van der Waals surface area contributed by atoms with Gasteiger partial charge >= 0.3 is 0 Å². The Morgan fingerprint density at radius 3 is 2.00 bits per heavy atom. The number of hydrogen-bond acceptors (Lipinski definition) is 6. The summed E-state index contributed by atoms with van der Waals surface area (Å²) >= 11 is 0. The summed E-state index contributed by atoms with van der Waals surface area (Å²) in [7, 11) is 0. The Morgan fingerprint density at radius 1 is 0.636 bits per heavy atom. The highest BCUT2D eigenvalue weighted by Gasteiger charge is 2.41. The van der Waals surface area contributed by atoms with Crippen LogP contribution in [0.1, 0.15) is 105 Å². The van der Waals surface area contributed by atoms with Crippen LogP contribution in [0.4, 0.5) is 17.1 Å². The molecular weight excluding hydrogens is 544 g/mol. The first-order valence-electron chi connectivity index (χ1n) is 16.9. The van der Waals surface area contributed by atoms with E-state index >= 15 is 0 Å². The normalized spacial score (nSPS) is 22.6. The van der Waals surface area contributed by atoms with E-state index in [4.69, 9.17) is 0 Å². The molecule has 6 nitrogen and oxygen atoms in total. The van der Waals surface area contributed by atoms with Crippen LogP contribution in [-0.2, 0) is 6.42 Å². The summed E-state index contributed by atoms with van der Waals surface area (Å²) in [5.41, 5.74) is 7.67. The van der Waals surface area contributed by atoms with E-state index in [2.05, 4.69) is 63.7 Å². The van der Waals surface area contributed by atoms with E-state index in [1.54, 1.807) is 6.08 Å². The molecular formula is C38H40N4O2. The summed E-state index contributed by atoms with van der Waals surface area (Å²) < 4.78 is 0. The third-order valence-corrected chi connectivity index (χ3v) is 11.3. The first-order valence-corrected chi connectivity index (χ1v) is 16.9. The van der Waals surface area contributed by atoms with Crippen molar-refractivity contribution in [2.75, 3.05) is 16.0 Å². The maximum atomic E-state index is 13.5. The largest absolute Gasteiger partial charge is 0.367 e. The monoisotopic (exact) mass is 584 g/mol. The molecule has 0 aromatic heterocycles. The molecule has 4 N–H and O–H groups in total. The van der Waals surface area contributed by atoms with Gasteiger partial charge in [0.25, 0.3) is 0 Å². The summed E-state index contributed by atoms with van der Waals surface area (Å²) in [4.78, 5) is 27.0. The van der Waals surface area contributed by atoms with Gasteiger partial charge < -0.3 is 16.0 Å². The molecule has 0 bridgehead atoms. The quantitative estimate of drug-likeness (QED) is 0.244. The van der Waals surface area contributed by atoms with Crippen LogP contribution >= 0.6 is 0 Å². The van der Waals surface area contributed by atoms with Crippen LogP contribution < -0.4 is 42.6 Å². The number of hydrogen-bond donors (Lipinski definition) is 4. The topological polar surface area (TPSA) is 82.3 Å². The summed E-state index contributed by atoms with van der Waals surface area (Å²) in [6.07, 6.45) is 19.0. The Labute approximate surface area is 257 Å². The van der Waals surface area contributed by atoms with Crippen LogP contribution in [0.5, 0.6) is 0 Å². The second-order valence-electron chi connectivity index (χ2n) is 14.0. The van der Waals surface area contributed by atoms with Gasteiger partial charge in [-0.3, -0.25) is 14.9 Å². The van der Waals surface area contributed by atoms with Crippen molar-refractivity contribution in [2.45, 2.75) is 101 Å². The maximum absolute atomic E-state index is 13.5. The molecule has 0 saturated heterocycles. The van der Waals surface area contributed by atoms with Crippen LogP contribution in [0.15, 0.2) is 52.1 Å². The summed E-state index contributed by atoms with van der Waals surface area (Å²) in [6, 6.07) is 15.1. The van der Waals surface area contributed by atoms with Crippen molar-refractivity contribution in [2.24, 2.45) is 0 Å². The van der Waals surface area contributed by atoms with E-state index in [9.17, 15) is 9.59 Å². The predicted molar refractivity (Wildman–Crippen MR) is 179 cm³/mol. The fraction of sp³-hybridized carbons (Fsp3) is 0.421. The van der Waals surface area contributed by atoms with Crippen LogP contribution in [0.25, 0.3) is 22.9 Å². The molecule has 3 aliphatic carbocycles. The fourth-order valence-electron chi connectivity index (χ4n) is 9.15. The molecule has 2 spiro atoms. The molecule has 0 amide bonds. The van der Waals surface area contributed by atoms with E-state index in [1.807, 2.05) is 6.08 Å². The van der Waals surface area contributed by atoms with Crippen molar-refractivity contribution >= 4 is 40.0 Å². The highest BCUT2D eigenvalue weighted by atomic mass is 16.1. The first-order chi connectivity index (χ1) is 21.5. The number of anilines is 3. The van der Waals surface area contributed by atoms with Crippen LogP contribution in [0.2, 0.25) is 0 Å². The van der Waals surface area contributed by atoms with Crippen molar-refractivity contribution in [1.82, 2.24) is 5.32 Å². The standard InChI is InChI=1S/C38H40N4O2/c43-35-27(21-23-13-15-31-33-25(23)9-7-11-29(33)39-37(41-31)17-3-1-4-18-37)36(44)28(35)22-24-14-16-32-34-26(24)10-8-12-30(34)40-38(42-32)19-5-2-6-20-38/h7,9,11,13-16,21-22,30,39-42H,1-6,8,10,12,17-20H2. The van der Waals surface area contributed by atoms with Gasteiger partial charge in [0.1, 0.15) is 5.66 Å². The van der Waals surface area contributed by atoms with Gasteiger partial charge in [-0.15, -0.1) is 0 Å². The molecule has 2 saturated carbocycles. The average Bonchev–Trinajstić information content (AvgIpc) is 3.04. The minimum Gasteiger partial charge on any atom is -0.367 e. The van der Waals surface area contributed by atoms with Crippen molar-refractivity contribution in [3.05, 3.63) is 95.6 Å². The Kier molecular flexibility index (Phi) is 5.90. The lowest BCUT2D eigenvalue weighted by molar-refractivity contribution is 0.218. The van der Waals surface area contributed by atoms with Gasteiger partial charge in [-0.05, 0) is 129 Å². The molecule has 224 valence electrons. The lowest BCUT2D eigenvalue weighted by Crippen LogP contribution is -2.64. The average molecular weight is 585 g/mol. The van der Waals surface area contributed by atoms with Crippen LogP contribution in [-0.4, -0.2) is 11.3 Å². The van der Waals surface area contributed by atoms with Crippen molar-refractivity contribution in [3.63, 3.8) is 0 Å². The van der Waals surface area contributed by atoms with Crippen molar-refractivity contribution in [3.8, 4) is 0 Å².